The number of carbonyl (C=O) groups excluding carboxylic acids is 1. The third-order valence-electron chi connectivity index (χ3n) is 14.6. The highest BCUT2D eigenvalue weighted by Gasteiger charge is 2.62. The second-order valence-electron chi connectivity index (χ2n) is 16.0. The minimum absolute atomic E-state index is 0.214. The van der Waals surface area contributed by atoms with E-state index in [2.05, 4.69) is 37.8 Å². The molecule has 0 heterocycles. The van der Waals surface area contributed by atoms with E-state index in [-0.39, 0.29) is 10.8 Å². The van der Waals surface area contributed by atoms with Gasteiger partial charge in [0.25, 0.3) is 0 Å². The highest BCUT2D eigenvalue weighted by Crippen LogP contribution is 2.65. The molecule has 4 saturated carbocycles. The van der Waals surface area contributed by atoms with Crippen LogP contribution in [0.5, 0.6) is 11.5 Å². The summed E-state index contributed by atoms with van der Waals surface area (Å²) < 4.78 is 11.4. The summed E-state index contributed by atoms with van der Waals surface area (Å²) in [6.45, 7) is 4.42. The van der Waals surface area contributed by atoms with Crippen molar-refractivity contribution in [2.24, 2.45) is 34.5 Å². The summed E-state index contributed by atoms with van der Waals surface area (Å²) in [5, 5.41) is 22.4. The molecular formula is C41H46O5. The largest absolute Gasteiger partial charge is 0.519 e. The van der Waals surface area contributed by atoms with E-state index in [4.69, 9.17) is 22.3 Å². The molecule has 46 heavy (non-hydrogen) atoms. The van der Waals surface area contributed by atoms with Crippen molar-refractivity contribution in [1.29, 1.82) is 0 Å². The van der Waals surface area contributed by atoms with Crippen LogP contribution in [0.3, 0.4) is 0 Å². The summed E-state index contributed by atoms with van der Waals surface area (Å²) in [6.07, 6.45) is 22.2. The second kappa shape index (κ2) is 10.4. The molecule has 6 aliphatic rings. The molecule has 4 fully saturated rings. The average molecular weight is 619 g/mol. The van der Waals surface area contributed by atoms with E-state index >= 15 is 0 Å². The van der Waals surface area contributed by atoms with Gasteiger partial charge in [-0.15, -0.1) is 12.8 Å². The molecule has 10 atom stereocenters. The van der Waals surface area contributed by atoms with Crippen LogP contribution in [0.25, 0.3) is 0 Å². The van der Waals surface area contributed by atoms with Gasteiger partial charge in [0, 0.05) is 10.8 Å². The Morgan fingerprint density at radius 3 is 1.54 bits per heavy atom. The Bertz CT molecular complexity index is 1560. The van der Waals surface area contributed by atoms with Gasteiger partial charge in [0.1, 0.15) is 22.7 Å². The van der Waals surface area contributed by atoms with Crippen molar-refractivity contribution in [2.45, 2.75) is 114 Å². The molecule has 0 bridgehead atoms. The molecule has 8 rings (SSSR count). The fourth-order valence-electron chi connectivity index (χ4n) is 12.0. The van der Waals surface area contributed by atoms with Crippen molar-refractivity contribution in [3.8, 4) is 36.2 Å². The number of rotatable bonds is 2. The van der Waals surface area contributed by atoms with Crippen molar-refractivity contribution in [2.75, 3.05) is 0 Å². The highest BCUT2D eigenvalue weighted by atomic mass is 16.7. The zero-order valence-corrected chi connectivity index (χ0v) is 27.2. The molecule has 0 spiro atoms. The van der Waals surface area contributed by atoms with Crippen LogP contribution in [0, 0.1) is 59.2 Å². The van der Waals surface area contributed by atoms with Gasteiger partial charge in [-0.25, -0.2) is 4.79 Å². The van der Waals surface area contributed by atoms with Crippen LogP contribution < -0.4 is 9.47 Å². The molecule has 2 N–H and O–H groups in total. The van der Waals surface area contributed by atoms with Gasteiger partial charge in [-0.05, 0) is 159 Å². The first-order valence-electron chi connectivity index (χ1n) is 17.6. The Kier molecular flexibility index (Phi) is 6.79. The van der Waals surface area contributed by atoms with Gasteiger partial charge < -0.3 is 19.7 Å². The Labute approximate surface area is 273 Å². The number of hydrogen-bond acceptors (Lipinski definition) is 5. The van der Waals surface area contributed by atoms with Crippen molar-refractivity contribution in [3.05, 3.63) is 58.7 Å². The van der Waals surface area contributed by atoms with Crippen LogP contribution in [0.2, 0.25) is 0 Å². The number of benzene rings is 2. The van der Waals surface area contributed by atoms with Crippen molar-refractivity contribution in [1.82, 2.24) is 0 Å². The maximum Gasteiger partial charge on any atom is 0.519 e. The predicted molar refractivity (Wildman–Crippen MR) is 176 cm³/mol. The number of terminal acetylenes is 2. The number of aliphatic hydroxyl groups is 2. The lowest BCUT2D eigenvalue weighted by atomic mass is 9.53. The lowest BCUT2D eigenvalue weighted by Gasteiger charge is -2.52. The van der Waals surface area contributed by atoms with E-state index in [1.165, 1.54) is 22.3 Å². The molecular weight excluding hydrogens is 572 g/mol. The van der Waals surface area contributed by atoms with Crippen LogP contribution in [-0.2, 0) is 12.8 Å². The molecule has 0 aliphatic heterocycles. The van der Waals surface area contributed by atoms with E-state index in [1.807, 2.05) is 24.3 Å². The van der Waals surface area contributed by atoms with Crippen LogP contribution in [0.1, 0.15) is 112 Å². The van der Waals surface area contributed by atoms with Crippen LogP contribution in [0.4, 0.5) is 4.79 Å². The molecule has 240 valence electrons. The molecule has 5 heteroatoms. The van der Waals surface area contributed by atoms with Gasteiger partial charge in [0.05, 0.1) is 0 Å². The van der Waals surface area contributed by atoms with Crippen molar-refractivity contribution >= 4 is 6.16 Å². The topological polar surface area (TPSA) is 76.0 Å². The maximum atomic E-state index is 12.9. The van der Waals surface area contributed by atoms with Gasteiger partial charge in [0.15, 0.2) is 0 Å². The minimum Gasteiger partial charge on any atom is -0.395 e. The van der Waals surface area contributed by atoms with E-state index in [0.29, 0.717) is 59.8 Å². The summed E-state index contributed by atoms with van der Waals surface area (Å²) in [7, 11) is 0. The van der Waals surface area contributed by atoms with Crippen LogP contribution in [0.15, 0.2) is 36.4 Å². The smallest absolute Gasteiger partial charge is 0.395 e. The minimum atomic E-state index is -0.994. The fourth-order valence-corrected chi connectivity index (χ4v) is 12.0. The van der Waals surface area contributed by atoms with Gasteiger partial charge in [-0.3, -0.25) is 0 Å². The molecule has 6 aliphatic carbocycles. The number of ether oxygens (including phenoxy) is 2. The molecule has 0 radical (unpaired) electrons. The van der Waals surface area contributed by atoms with E-state index in [0.717, 1.165) is 64.2 Å². The Balaban J connectivity index is 0.932. The van der Waals surface area contributed by atoms with Gasteiger partial charge in [0.2, 0.25) is 0 Å². The molecule has 0 amide bonds. The Morgan fingerprint density at radius 2 is 1.13 bits per heavy atom. The van der Waals surface area contributed by atoms with E-state index < -0.39 is 17.4 Å². The number of carbonyl (C=O) groups is 1. The van der Waals surface area contributed by atoms with Gasteiger partial charge >= 0.3 is 6.16 Å². The summed E-state index contributed by atoms with van der Waals surface area (Å²) in [5.41, 5.74) is 2.78. The molecule has 2 aromatic rings. The highest BCUT2D eigenvalue weighted by molar-refractivity contribution is 5.67. The quantitative estimate of drug-likeness (QED) is 0.205. The van der Waals surface area contributed by atoms with Crippen molar-refractivity contribution < 1.29 is 24.5 Å². The van der Waals surface area contributed by atoms with Crippen LogP contribution >= 0.6 is 0 Å². The normalized spacial score (nSPS) is 41.7. The lowest BCUT2D eigenvalue weighted by molar-refractivity contribution is -0.0647. The zero-order valence-electron chi connectivity index (χ0n) is 27.2. The molecule has 2 aromatic carbocycles. The maximum absolute atomic E-state index is 12.9. The van der Waals surface area contributed by atoms with Crippen molar-refractivity contribution in [3.63, 3.8) is 0 Å². The molecule has 6 unspecified atom stereocenters. The lowest BCUT2D eigenvalue weighted by Crippen LogP contribution is -2.50. The number of aryl methyl sites for hydroxylation is 2. The van der Waals surface area contributed by atoms with Gasteiger partial charge in [-0.1, -0.05) is 37.8 Å². The monoisotopic (exact) mass is 618 g/mol. The fraction of sp³-hybridized carbons (Fsp3) is 0.585. The summed E-state index contributed by atoms with van der Waals surface area (Å²) in [6, 6.07) is 12.1. The summed E-state index contributed by atoms with van der Waals surface area (Å²) >= 11 is 0. The first kappa shape index (κ1) is 30.1. The molecule has 0 aromatic heterocycles. The standard InChI is InChI=1S/C41H46O5/c1-5-40(43)21-17-35-33-11-7-25-23-27(9-13-29(25)31(33)15-19-38(35,40)3)45-37(42)46-28-10-14-30-26(24-28)8-12-34-32(30)16-20-39(4)36(34)18-22-41(39,44)6-2/h1-2,9-10,13-14,23-24,31-36,43-44H,7-8,11-12,15-22H2,3-4H3/t31?,32?,33?,34?,35?,36?,38-,39-,40-,41-/m0/s1. The SMILES string of the molecule is C#C[C@]1(O)CCC2C3CCc4cc(OC(=O)Oc5ccc6c(c5)CCC5C6CC[C@@]6(C)C5CC[C@@]6(O)C#C)ccc4C3CC[C@@]21C. The second-order valence-corrected chi connectivity index (χ2v) is 16.0. The average Bonchev–Trinajstić information content (AvgIpc) is 3.49. The van der Waals surface area contributed by atoms with Gasteiger partial charge in [-0.2, -0.15) is 0 Å². The zero-order chi connectivity index (χ0) is 32.1. The predicted octanol–water partition coefficient (Wildman–Crippen LogP) is 7.71. The summed E-state index contributed by atoms with van der Waals surface area (Å²) in [4.78, 5) is 12.9. The third kappa shape index (κ3) is 4.14. The number of hydrogen-bond donors (Lipinski definition) is 2. The molecule has 5 nitrogen and oxygen atoms in total. The first-order chi connectivity index (χ1) is 22.0. The Hall–Kier alpha value is -3.25. The summed E-state index contributed by atoms with van der Waals surface area (Å²) in [5.74, 6) is 9.36. The first-order valence-corrected chi connectivity index (χ1v) is 17.6. The number of fused-ring (bicyclic) bond motifs is 10. The molecule has 0 saturated heterocycles. The Morgan fingerprint density at radius 1 is 0.696 bits per heavy atom. The third-order valence-corrected chi connectivity index (χ3v) is 14.6. The van der Waals surface area contributed by atoms with E-state index in [1.54, 1.807) is 0 Å². The van der Waals surface area contributed by atoms with E-state index in [9.17, 15) is 15.0 Å². The van der Waals surface area contributed by atoms with Crippen LogP contribution in [-0.4, -0.2) is 27.6 Å².